The van der Waals surface area contributed by atoms with Crippen LogP contribution >= 0.6 is 0 Å². The summed E-state index contributed by atoms with van der Waals surface area (Å²) in [6, 6.07) is 1.52. The minimum atomic E-state index is 0.635. The maximum absolute atomic E-state index is 3.61. The van der Waals surface area contributed by atoms with E-state index in [1.807, 2.05) is 0 Å². The van der Waals surface area contributed by atoms with Crippen molar-refractivity contribution < 1.29 is 0 Å². The van der Waals surface area contributed by atoms with Gasteiger partial charge in [-0.2, -0.15) is 0 Å². The van der Waals surface area contributed by atoms with Crippen LogP contribution < -0.4 is 5.32 Å². The Labute approximate surface area is 114 Å². The third kappa shape index (κ3) is 3.96. The van der Waals surface area contributed by atoms with Crippen molar-refractivity contribution in [2.75, 3.05) is 19.6 Å². The molecule has 3 unspecified atom stereocenters. The van der Waals surface area contributed by atoms with E-state index in [1.165, 1.54) is 58.2 Å². The largest absolute Gasteiger partial charge is 0.314 e. The van der Waals surface area contributed by atoms with Crippen LogP contribution in [0.4, 0.5) is 0 Å². The van der Waals surface area contributed by atoms with E-state index in [1.54, 1.807) is 0 Å². The Morgan fingerprint density at radius 2 is 1.89 bits per heavy atom. The van der Waals surface area contributed by atoms with Crippen molar-refractivity contribution in [2.45, 2.75) is 71.4 Å². The standard InChI is InChI=1S/C16H32N2/c1-13(2)17-11-15-9-10-18(12-15)16-8-6-4-5-7-14(16)3/h13-17H,4-12H2,1-3H3. The van der Waals surface area contributed by atoms with E-state index in [0.29, 0.717) is 6.04 Å². The number of nitrogens with one attached hydrogen (secondary N) is 1. The van der Waals surface area contributed by atoms with E-state index in [2.05, 4.69) is 31.0 Å². The average molecular weight is 252 g/mol. The van der Waals surface area contributed by atoms with Crippen LogP contribution in [0.15, 0.2) is 0 Å². The number of nitrogens with zero attached hydrogens (tertiary/aromatic N) is 1. The highest BCUT2D eigenvalue weighted by Gasteiger charge is 2.31. The summed E-state index contributed by atoms with van der Waals surface area (Å²) >= 11 is 0. The van der Waals surface area contributed by atoms with Crippen LogP contribution in [0, 0.1) is 11.8 Å². The predicted molar refractivity (Wildman–Crippen MR) is 78.9 cm³/mol. The van der Waals surface area contributed by atoms with Crippen molar-refractivity contribution in [3.8, 4) is 0 Å². The Hall–Kier alpha value is -0.0800. The van der Waals surface area contributed by atoms with Gasteiger partial charge in [0, 0.05) is 18.6 Å². The van der Waals surface area contributed by atoms with Gasteiger partial charge in [0.15, 0.2) is 0 Å². The SMILES string of the molecule is CC(C)NCC1CCN(C2CCCCCC2C)C1. The van der Waals surface area contributed by atoms with Gasteiger partial charge in [0.2, 0.25) is 0 Å². The van der Waals surface area contributed by atoms with Crippen molar-refractivity contribution in [1.82, 2.24) is 10.2 Å². The lowest BCUT2D eigenvalue weighted by atomic mass is 9.95. The highest BCUT2D eigenvalue weighted by Crippen LogP contribution is 2.30. The highest BCUT2D eigenvalue weighted by atomic mass is 15.2. The molecule has 1 saturated carbocycles. The molecule has 2 aliphatic rings. The molecule has 3 atom stereocenters. The first-order valence-electron chi connectivity index (χ1n) is 8.14. The smallest absolute Gasteiger partial charge is 0.0121 e. The summed E-state index contributed by atoms with van der Waals surface area (Å²) in [4.78, 5) is 2.81. The first-order chi connectivity index (χ1) is 8.66. The van der Waals surface area contributed by atoms with E-state index in [9.17, 15) is 0 Å². The molecule has 2 heteroatoms. The van der Waals surface area contributed by atoms with Crippen molar-refractivity contribution in [3.63, 3.8) is 0 Å². The summed E-state index contributed by atoms with van der Waals surface area (Å²) in [7, 11) is 0. The van der Waals surface area contributed by atoms with Crippen molar-refractivity contribution in [3.05, 3.63) is 0 Å². The Morgan fingerprint density at radius 1 is 1.11 bits per heavy atom. The molecule has 1 aliphatic heterocycles. The fraction of sp³-hybridized carbons (Fsp3) is 1.00. The van der Waals surface area contributed by atoms with Gasteiger partial charge in [-0.05, 0) is 44.2 Å². The van der Waals surface area contributed by atoms with E-state index in [-0.39, 0.29) is 0 Å². The maximum atomic E-state index is 3.61. The summed E-state index contributed by atoms with van der Waals surface area (Å²) < 4.78 is 0. The lowest BCUT2D eigenvalue weighted by Gasteiger charge is -2.31. The second-order valence-electron chi connectivity index (χ2n) is 6.90. The minimum absolute atomic E-state index is 0.635. The number of likely N-dealkylation sites (tertiary alicyclic amines) is 1. The van der Waals surface area contributed by atoms with Gasteiger partial charge in [-0.1, -0.05) is 40.0 Å². The topological polar surface area (TPSA) is 15.3 Å². The van der Waals surface area contributed by atoms with Crippen LogP contribution in [0.3, 0.4) is 0 Å². The van der Waals surface area contributed by atoms with E-state index >= 15 is 0 Å². The Bertz CT molecular complexity index is 239. The fourth-order valence-corrected chi connectivity index (χ4v) is 3.75. The molecule has 2 rings (SSSR count). The molecule has 106 valence electrons. The molecular formula is C16H32N2. The molecule has 2 nitrogen and oxygen atoms in total. The monoisotopic (exact) mass is 252 g/mol. The van der Waals surface area contributed by atoms with Crippen molar-refractivity contribution in [1.29, 1.82) is 0 Å². The summed E-state index contributed by atoms with van der Waals surface area (Å²) in [6.45, 7) is 10.9. The van der Waals surface area contributed by atoms with E-state index in [4.69, 9.17) is 0 Å². The molecule has 0 aromatic carbocycles. The highest BCUT2D eigenvalue weighted by molar-refractivity contribution is 4.86. The van der Waals surface area contributed by atoms with Crippen LogP contribution in [-0.2, 0) is 0 Å². The zero-order valence-electron chi connectivity index (χ0n) is 12.6. The third-order valence-corrected chi connectivity index (χ3v) is 4.92. The summed E-state index contributed by atoms with van der Waals surface area (Å²) in [5, 5.41) is 3.61. The van der Waals surface area contributed by atoms with Gasteiger partial charge in [-0.15, -0.1) is 0 Å². The van der Waals surface area contributed by atoms with Crippen molar-refractivity contribution >= 4 is 0 Å². The summed E-state index contributed by atoms with van der Waals surface area (Å²) in [5.74, 6) is 1.81. The van der Waals surface area contributed by atoms with Gasteiger partial charge in [0.05, 0.1) is 0 Å². The van der Waals surface area contributed by atoms with Crippen LogP contribution in [0.25, 0.3) is 0 Å². The Morgan fingerprint density at radius 3 is 2.67 bits per heavy atom. The van der Waals surface area contributed by atoms with Gasteiger partial charge < -0.3 is 5.32 Å². The molecule has 18 heavy (non-hydrogen) atoms. The molecule has 0 radical (unpaired) electrons. The number of hydrogen-bond acceptors (Lipinski definition) is 2. The number of rotatable bonds is 4. The van der Waals surface area contributed by atoms with Gasteiger partial charge in [-0.25, -0.2) is 0 Å². The van der Waals surface area contributed by atoms with E-state index in [0.717, 1.165) is 17.9 Å². The lowest BCUT2D eigenvalue weighted by Crippen LogP contribution is -2.38. The average Bonchev–Trinajstić information content (AvgIpc) is 2.69. The van der Waals surface area contributed by atoms with Gasteiger partial charge in [0.25, 0.3) is 0 Å². The lowest BCUT2D eigenvalue weighted by molar-refractivity contribution is 0.167. The Balaban J connectivity index is 1.79. The molecule has 1 aliphatic carbocycles. The molecule has 1 heterocycles. The molecule has 1 saturated heterocycles. The first kappa shape index (κ1) is 14.3. The molecule has 0 bridgehead atoms. The molecule has 0 spiro atoms. The Kier molecular flexibility index (Phi) is 5.50. The zero-order valence-corrected chi connectivity index (χ0v) is 12.6. The van der Waals surface area contributed by atoms with Crippen LogP contribution in [0.5, 0.6) is 0 Å². The van der Waals surface area contributed by atoms with Crippen LogP contribution in [0.2, 0.25) is 0 Å². The molecule has 1 N–H and O–H groups in total. The molecule has 0 aromatic heterocycles. The van der Waals surface area contributed by atoms with Gasteiger partial charge in [-0.3, -0.25) is 4.90 Å². The third-order valence-electron chi connectivity index (χ3n) is 4.92. The normalized spacial score (nSPS) is 35.0. The van der Waals surface area contributed by atoms with Crippen molar-refractivity contribution in [2.24, 2.45) is 11.8 Å². The molecule has 0 amide bonds. The second-order valence-corrected chi connectivity index (χ2v) is 6.90. The quantitative estimate of drug-likeness (QED) is 0.773. The fourth-order valence-electron chi connectivity index (χ4n) is 3.75. The van der Waals surface area contributed by atoms with Crippen LogP contribution in [0.1, 0.15) is 59.3 Å². The van der Waals surface area contributed by atoms with Gasteiger partial charge >= 0.3 is 0 Å². The van der Waals surface area contributed by atoms with Crippen LogP contribution in [-0.4, -0.2) is 36.6 Å². The minimum Gasteiger partial charge on any atom is -0.314 e. The molecule has 0 aromatic rings. The zero-order chi connectivity index (χ0) is 13.0. The molecular weight excluding hydrogens is 220 g/mol. The molecule has 2 fully saturated rings. The second kappa shape index (κ2) is 6.91. The maximum Gasteiger partial charge on any atom is 0.0121 e. The summed E-state index contributed by atoms with van der Waals surface area (Å²) in [6.07, 6.45) is 8.70. The predicted octanol–water partition coefficient (Wildman–Crippen LogP) is 3.28. The summed E-state index contributed by atoms with van der Waals surface area (Å²) in [5.41, 5.74) is 0. The van der Waals surface area contributed by atoms with E-state index < -0.39 is 0 Å². The van der Waals surface area contributed by atoms with Gasteiger partial charge in [0.1, 0.15) is 0 Å². The first-order valence-corrected chi connectivity index (χ1v) is 8.14. The number of hydrogen-bond donors (Lipinski definition) is 1.